The third kappa shape index (κ3) is 3.33. The fourth-order valence-electron chi connectivity index (χ4n) is 3.85. The van der Waals surface area contributed by atoms with Gasteiger partial charge in [-0.15, -0.1) is 0 Å². The van der Waals surface area contributed by atoms with Gasteiger partial charge < -0.3 is 15.7 Å². The Bertz CT molecular complexity index is 1010. The molecule has 0 unspecified atom stereocenters. The molecule has 2 fully saturated rings. The Hall–Kier alpha value is -2.58. The minimum absolute atomic E-state index is 0.0563. The summed E-state index contributed by atoms with van der Waals surface area (Å²) in [5.41, 5.74) is 3.47. The molecule has 4 heterocycles. The van der Waals surface area contributed by atoms with Crippen LogP contribution in [0.5, 0.6) is 0 Å². The van der Waals surface area contributed by atoms with Crippen LogP contribution in [0.2, 0.25) is 0 Å². The van der Waals surface area contributed by atoms with E-state index in [1.807, 2.05) is 6.07 Å². The fourth-order valence-corrected chi connectivity index (χ4v) is 3.85. The van der Waals surface area contributed by atoms with Crippen molar-refractivity contribution in [3.05, 3.63) is 41.5 Å². The smallest absolute Gasteiger partial charge is 0.154 e. The zero-order valence-electron chi connectivity index (χ0n) is 15.5. The van der Waals surface area contributed by atoms with E-state index in [9.17, 15) is 9.50 Å². The summed E-state index contributed by atoms with van der Waals surface area (Å²) in [6, 6.07) is 4.93. The summed E-state index contributed by atoms with van der Waals surface area (Å²) >= 11 is 0. The number of fused-ring (bicyclic) bond motifs is 1. The van der Waals surface area contributed by atoms with Crippen molar-refractivity contribution in [2.75, 3.05) is 18.4 Å². The van der Waals surface area contributed by atoms with Gasteiger partial charge in [0, 0.05) is 36.2 Å². The number of aliphatic hydroxyl groups excluding tert-OH is 1. The first-order valence-corrected chi connectivity index (χ1v) is 9.85. The van der Waals surface area contributed by atoms with E-state index in [-0.39, 0.29) is 18.5 Å². The van der Waals surface area contributed by atoms with E-state index in [0.717, 1.165) is 50.0 Å². The summed E-state index contributed by atoms with van der Waals surface area (Å²) in [5.74, 6) is 0.562. The van der Waals surface area contributed by atoms with E-state index in [4.69, 9.17) is 5.10 Å². The number of pyridine rings is 1. The number of rotatable bonds is 5. The molecule has 3 N–H and O–H groups in total. The second-order valence-electron chi connectivity index (χ2n) is 7.64. The normalized spacial score (nSPS) is 19.9. The number of hydrogen-bond donors (Lipinski definition) is 3. The van der Waals surface area contributed by atoms with Crippen LogP contribution in [0.25, 0.3) is 17.0 Å². The Balaban J connectivity index is 1.53. The molecular weight excluding hydrogens is 359 g/mol. The number of hydrogen-bond acceptors (Lipinski definition) is 6. The molecule has 1 aliphatic heterocycles. The van der Waals surface area contributed by atoms with E-state index in [0.29, 0.717) is 28.8 Å². The van der Waals surface area contributed by atoms with Gasteiger partial charge in [0.15, 0.2) is 5.65 Å². The molecule has 0 radical (unpaired) electrons. The monoisotopic (exact) mass is 382 g/mol. The van der Waals surface area contributed by atoms with Gasteiger partial charge in [-0.1, -0.05) is 0 Å². The van der Waals surface area contributed by atoms with Crippen molar-refractivity contribution < 1.29 is 9.50 Å². The molecule has 0 amide bonds. The number of nitrogens with zero attached hydrogens (tertiary/aromatic N) is 4. The van der Waals surface area contributed by atoms with Crippen LogP contribution in [0, 0.1) is 5.82 Å². The zero-order chi connectivity index (χ0) is 19.1. The first-order chi connectivity index (χ1) is 13.7. The maximum absolute atomic E-state index is 14.3. The molecule has 0 spiro atoms. The van der Waals surface area contributed by atoms with Crippen molar-refractivity contribution in [3.8, 4) is 11.4 Å². The van der Waals surface area contributed by atoms with Crippen molar-refractivity contribution in [3.63, 3.8) is 0 Å². The van der Waals surface area contributed by atoms with Gasteiger partial charge in [-0.25, -0.2) is 18.9 Å². The highest BCUT2D eigenvalue weighted by Crippen LogP contribution is 2.41. The lowest BCUT2D eigenvalue weighted by Gasteiger charge is -2.24. The minimum atomic E-state index is -0.347. The van der Waals surface area contributed by atoms with Gasteiger partial charge in [-0.3, -0.25) is 0 Å². The minimum Gasteiger partial charge on any atom is -0.392 e. The summed E-state index contributed by atoms with van der Waals surface area (Å²) in [7, 11) is 0. The molecule has 28 heavy (non-hydrogen) atoms. The summed E-state index contributed by atoms with van der Waals surface area (Å²) in [4.78, 5) is 9.02. The molecule has 3 aromatic heterocycles. The van der Waals surface area contributed by atoms with Crippen LogP contribution < -0.4 is 10.6 Å². The molecule has 146 valence electrons. The summed E-state index contributed by atoms with van der Waals surface area (Å²) in [6.45, 7) is 1.81. The van der Waals surface area contributed by atoms with Crippen LogP contribution in [0.15, 0.2) is 24.4 Å². The van der Waals surface area contributed by atoms with Crippen molar-refractivity contribution in [1.29, 1.82) is 0 Å². The molecule has 1 saturated heterocycles. The van der Waals surface area contributed by atoms with Crippen LogP contribution in [0.4, 0.5) is 10.2 Å². The third-order valence-electron chi connectivity index (χ3n) is 5.44. The highest BCUT2D eigenvalue weighted by atomic mass is 19.1. The number of piperidine rings is 1. The molecule has 5 rings (SSSR count). The molecule has 1 atom stereocenters. The Labute approximate surface area is 162 Å². The largest absolute Gasteiger partial charge is 0.392 e. The average Bonchev–Trinajstić information content (AvgIpc) is 3.46. The molecule has 7 nitrogen and oxygen atoms in total. The van der Waals surface area contributed by atoms with Gasteiger partial charge in [0.1, 0.15) is 17.3 Å². The molecule has 3 aromatic rings. The number of nitrogens with one attached hydrogen (secondary N) is 2. The Morgan fingerprint density at radius 1 is 1.25 bits per heavy atom. The number of imidazole rings is 1. The van der Waals surface area contributed by atoms with E-state index in [2.05, 4.69) is 20.6 Å². The molecule has 1 aliphatic carbocycles. The predicted molar refractivity (Wildman–Crippen MR) is 104 cm³/mol. The van der Waals surface area contributed by atoms with Crippen molar-refractivity contribution in [2.24, 2.45) is 0 Å². The van der Waals surface area contributed by atoms with Crippen molar-refractivity contribution >= 4 is 11.5 Å². The zero-order valence-corrected chi connectivity index (χ0v) is 15.5. The van der Waals surface area contributed by atoms with E-state index >= 15 is 0 Å². The molecule has 1 saturated carbocycles. The Morgan fingerprint density at radius 2 is 2.14 bits per heavy atom. The number of halogens is 1. The third-order valence-corrected chi connectivity index (χ3v) is 5.44. The van der Waals surface area contributed by atoms with E-state index < -0.39 is 0 Å². The fraction of sp³-hybridized carbons (Fsp3) is 0.450. The van der Waals surface area contributed by atoms with Crippen LogP contribution >= 0.6 is 0 Å². The van der Waals surface area contributed by atoms with Crippen LogP contribution in [0.1, 0.15) is 42.9 Å². The standard InChI is InChI=1S/C20H23FN6O/c21-14-7-16(25-18(8-14)24-15-2-1-5-22-9-15)17-10-23-19-6-13(11-28)20(12-3-4-12)26-27(17)19/h6-8,10,12,15,22,28H,1-5,9,11H2,(H,24,25)/t15-/m1/s1. The van der Waals surface area contributed by atoms with Crippen molar-refractivity contribution in [2.45, 2.75) is 44.2 Å². The van der Waals surface area contributed by atoms with Gasteiger partial charge in [-0.05, 0) is 38.3 Å². The van der Waals surface area contributed by atoms with Gasteiger partial charge in [0.05, 0.1) is 24.2 Å². The number of aromatic nitrogens is 4. The average molecular weight is 382 g/mol. The summed E-state index contributed by atoms with van der Waals surface area (Å²) in [6.07, 6.45) is 5.95. The van der Waals surface area contributed by atoms with Crippen LogP contribution in [-0.4, -0.2) is 43.8 Å². The van der Waals surface area contributed by atoms with Gasteiger partial charge in [0.2, 0.25) is 0 Å². The molecule has 8 heteroatoms. The molecular formula is C20H23FN6O. The van der Waals surface area contributed by atoms with Gasteiger partial charge in [-0.2, -0.15) is 5.10 Å². The van der Waals surface area contributed by atoms with E-state index in [1.54, 1.807) is 10.7 Å². The lowest BCUT2D eigenvalue weighted by Crippen LogP contribution is -2.38. The predicted octanol–water partition coefficient (Wildman–Crippen LogP) is 2.46. The maximum atomic E-state index is 14.3. The highest BCUT2D eigenvalue weighted by Gasteiger charge is 2.29. The second kappa shape index (κ2) is 7.10. The summed E-state index contributed by atoms with van der Waals surface area (Å²) < 4.78 is 16.0. The Morgan fingerprint density at radius 3 is 2.89 bits per heavy atom. The maximum Gasteiger partial charge on any atom is 0.154 e. The molecule has 0 aromatic carbocycles. The van der Waals surface area contributed by atoms with Gasteiger partial charge >= 0.3 is 0 Å². The van der Waals surface area contributed by atoms with Gasteiger partial charge in [0.25, 0.3) is 0 Å². The first-order valence-electron chi connectivity index (χ1n) is 9.85. The number of anilines is 1. The quantitative estimate of drug-likeness (QED) is 0.628. The highest BCUT2D eigenvalue weighted by molar-refractivity contribution is 5.62. The lowest BCUT2D eigenvalue weighted by atomic mass is 10.1. The second-order valence-corrected chi connectivity index (χ2v) is 7.64. The number of aliphatic hydroxyl groups is 1. The molecule has 2 aliphatic rings. The first kappa shape index (κ1) is 17.5. The SMILES string of the molecule is OCc1cc2ncc(-c3cc(F)cc(N[C@@H]4CCCNC4)n3)n2nc1C1CC1. The topological polar surface area (TPSA) is 87.4 Å². The Kier molecular flexibility index (Phi) is 4.44. The van der Waals surface area contributed by atoms with Crippen LogP contribution in [-0.2, 0) is 6.61 Å². The van der Waals surface area contributed by atoms with E-state index in [1.165, 1.54) is 12.1 Å². The van der Waals surface area contributed by atoms with Crippen molar-refractivity contribution in [1.82, 2.24) is 24.9 Å². The lowest BCUT2D eigenvalue weighted by molar-refractivity contribution is 0.279. The summed E-state index contributed by atoms with van der Waals surface area (Å²) in [5, 5.41) is 21.0. The molecule has 0 bridgehead atoms. The van der Waals surface area contributed by atoms with Crippen LogP contribution in [0.3, 0.4) is 0 Å².